The van der Waals surface area contributed by atoms with Crippen molar-refractivity contribution in [3.05, 3.63) is 28.2 Å². The third-order valence-corrected chi connectivity index (χ3v) is 4.24. The highest BCUT2D eigenvalue weighted by molar-refractivity contribution is 6.35. The Bertz CT molecular complexity index is 479. The van der Waals surface area contributed by atoms with Gasteiger partial charge in [-0.15, -0.1) is 0 Å². The first kappa shape index (κ1) is 15.5. The van der Waals surface area contributed by atoms with Crippen LogP contribution in [-0.2, 0) is 4.79 Å². The van der Waals surface area contributed by atoms with E-state index in [-0.39, 0.29) is 18.6 Å². The quantitative estimate of drug-likeness (QED) is 0.909. The summed E-state index contributed by atoms with van der Waals surface area (Å²) in [6, 6.07) is 5.21. The van der Waals surface area contributed by atoms with Crippen molar-refractivity contribution in [1.82, 2.24) is 5.32 Å². The van der Waals surface area contributed by atoms with Crippen molar-refractivity contribution in [2.24, 2.45) is 5.92 Å². The minimum atomic E-state index is -0.102. The summed E-state index contributed by atoms with van der Waals surface area (Å²) >= 11 is 11.8. The number of carbonyl (C=O) groups excluding carboxylic acids is 1. The maximum atomic E-state index is 11.9. The molecule has 0 radical (unpaired) electrons. The standard InChI is InChI=1S/C15H19Cl2NO2/c1-10-4-2-3-5-13(10)18-15(19)9-20-14-7-6-11(16)8-12(14)17/h6-8,10,13H,2-5,9H2,1H3,(H,18,19)/t10-,13+/m1/s1. The summed E-state index contributed by atoms with van der Waals surface area (Å²) in [4.78, 5) is 11.9. The summed E-state index contributed by atoms with van der Waals surface area (Å²) in [5.41, 5.74) is 0. The van der Waals surface area contributed by atoms with Gasteiger partial charge in [0, 0.05) is 11.1 Å². The van der Waals surface area contributed by atoms with Crippen LogP contribution in [0.2, 0.25) is 10.0 Å². The van der Waals surface area contributed by atoms with Gasteiger partial charge in [-0.2, -0.15) is 0 Å². The molecule has 0 aromatic heterocycles. The van der Waals surface area contributed by atoms with Gasteiger partial charge < -0.3 is 10.1 Å². The SMILES string of the molecule is C[C@@H]1CCCC[C@@H]1NC(=O)COc1ccc(Cl)cc1Cl. The van der Waals surface area contributed by atoms with E-state index in [9.17, 15) is 4.79 Å². The number of amides is 1. The molecule has 1 N–H and O–H groups in total. The van der Waals surface area contributed by atoms with Crippen LogP contribution in [0.4, 0.5) is 0 Å². The summed E-state index contributed by atoms with van der Waals surface area (Å²) in [6.07, 6.45) is 4.66. The minimum absolute atomic E-state index is 0.0232. The van der Waals surface area contributed by atoms with E-state index in [4.69, 9.17) is 27.9 Å². The third kappa shape index (κ3) is 4.29. The summed E-state index contributed by atoms with van der Waals surface area (Å²) in [5, 5.41) is 3.99. The predicted molar refractivity (Wildman–Crippen MR) is 81.5 cm³/mol. The molecular weight excluding hydrogens is 297 g/mol. The molecule has 1 fully saturated rings. The van der Waals surface area contributed by atoms with E-state index >= 15 is 0 Å². The predicted octanol–water partition coefficient (Wildman–Crippen LogP) is 4.07. The van der Waals surface area contributed by atoms with E-state index < -0.39 is 0 Å². The molecular formula is C15H19Cl2NO2. The van der Waals surface area contributed by atoms with Crippen molar-refractivity contribution in [2.75, 3.05) is 6.61 Å². The van der Waals surface area contributed by atoms with Gasteiger partial charge in [-0.1, -0.05) is 43.0 Å². The van der Waals surface area contributed by atoms with Crippen LogP contribution in [0, 0.1) is 5.92 Å². The van der Waals surface area contributed by atoms with Gasteiger partial charge in [0.25, 0.3) is 5.91 Å². The van der Waals surface area contributed by atoms with Crippen LogP contribution in [0.5, 0.6) is 5.75 Å². The molecule has 2 atom stereocenters. The molecule has 5 heteroatoms. The largest absolute Gasteiger partial charge is 0.482 e. The topological polar surface area (TPSA) is 38.3 Å². The summed E-state index contributed by atoms with van der Waals surface area (Å²) in [5.74, 6) is 0.907. The second kappa shape index (κ2) is 7.19. The second-order valence-electron chi connectivity index (χ2n) is 5.30. The lowest BCUT2D eigenvalue weighted by Crippen LogP contribution is -2.43. The maximum Gasteiger partial charge on any atom is 0.258 e. The van der Waals surface area contributed by atoms with Crippen LogP contribution in [0.1, 0.15) is 32.6 Å². The van der Waals surface area contributed by atoms with Crippen LogP contribution in [0.3, 0.4) is 0 Å². The van der Waals surface area contributed by atoms with E-state index in [1.807, 2.05) is 0 Å². The highest BCUT2D eigenvalue weighted by Crippen LogP contribution is 2.27. The second-order valence-corrected chi connectivity index (χ2v) is 6.14. The van der Waals surface area contributed by atoms with Crippen molar-refractivity contribution in [3.8, 4) is 5.75 Å². The Labute approximate surface area is 129 Å². The summed E-state index contributed by atoms with van der Waals surface area (Å²) in [7, 11) is 0. The van der Waals surface area contributed by atoms with Gasteiger partial charge in [-0.25, -0.2) is 0 Å². The summed E-state index contributed by atoms with van der Waals surface area (Å²) < 4.78 is 5.43. The minimum Gasteiger partial charge on any atom is -0.482 e. The molecule has 110 valence electrons. The zero-order valence-corrected chi connectivity index (χ0v) is 13.0. The number of rotatable bonds is 4. The number of hydrogen-bond acceptors (Lipinski definition) is 2. The molecule has 1 aliphatic carbocycles. The number of nitrogens with one attached hydrogen (secondary N) is 1. The van der Waals surface area contributed by atoms with Crippen LogP contribution in [-0.4, -0.2) is 18.6 Å². The van der Waals surface area contributed by atoms with Gasteiger partial charge >= 0.3 is 0 Å². The number of halogens is 2. The fourth-order valence-electron chi connectivity index (χ4n) is 2.51. The normalized spacial score (nSPS) is 22.4. The highest BCUT2D eigenvalue weighted by atomic mass is 35.5. The summed E-state index contributed by atoms with van der Waals surface area (Å²) in [6.45, 7) is 2.16. The number of carbonyl (C=O) groups is 1. The lowest BCUT2D eigenvalue weighted by Gasteiger charge is -2.29. The molecule has 1 amide bonds. The fraction of sp³-hybridized carbons (Fsp3) is 0.533. The first-order valence-corrected chi connectivity index (χ1v) is 7.69. The molecule has 2 rings (SSSR count). The molecule has 1 saturated carbocycles. The molecule has 0 saturated heterocycles. The number of ether oxygens (including phenoxy) is 1. The Kier molecular flexibility index (Phi) is 5.55. The Morgan fingerprint density at radius 3 is 2.80 bits per heavy atom. The maximum absolute atomic E-state index is 11.9. The first-order valence-electron chi connectivity index (χ1n) is 6.93. The average Bonchev–Trinajstić information content (AvgIpc) is 2.40. The molecule has 3 nitrogen and oxygen atoms in total. The van der Waals surface area contributed by atoms with E-state index in [2.05, 4.69) is 12.2 Å². The van der Waals surface area contributed by atoms with Crippen LogP contribution >= 0.6 is 23.2 Å². The molecule has 0 heterocycles. The molecule has 20 heavy (non-hydrogen) atoms. The molecule has 0 spiro atoms. The molecule has 1 aliphatic rings. The molecule has 1 aromatic carbocycles. The van der Waals surface area contributed by atoms with Gasteiger partial charge in [-0.05, 0) is 37.0 Å². The Morgan fingerprint density at radius 2 is 2.10 bits per heavy atom. The monoisotopic (exact) mass is 315 g/mol. The van der Waals surface area contributed by atoms with Crippen molar-refractivity contribution < 1.29 is 9.53 Å². The Hall–Kier alpha value is -0.930. The van der Waals surface area contributed by atoms with Gasteiger partial charge in [0.15, 0.2) is 6.61 Å². The van der Waals surface area contributed by atoms with Gasteiger partial charge in [0.1, 0.15) is 5.75 Å². The number of hydrogen-bond donors (Lipinski definition) is 1. The molecule has 0 aliphatic heterocycles. The van der Waals surface area contributed by atoms with E-state index in [0.717, 1.165) is 6.42 Å². The highest BCUT2D eigenvalue weighted by Gasteiger charge is 2.22. The zero-order valence-electron chi connectivity index (χ0n) is 11.5. The van der Waals surface area contributed by atoms with Crippen molar-refractivity contribution >= 4 is 29.1 Å². The molecule has 0 unspecified atom stereocenters. The van der Waals surface area contributed by atoms with E-state index in [1.165, 1.54) is 19.3 Å². The Balaban J connectivity index is 1.82. The number of benzene rings is 1. The van der Waals surface area contributed by atoms with E-state index in [1.54, 1.807) is 18.2 Å². The van der Waals surface area contributed by atoms with E-state index in [0.29, 0.717) is 21.7 Å². The zero-order chi connectivity index (χ0) is 14.5. The third-order valence-electron chi connectivity index (χ3n) is 3.71. The van der Waals surface area contributed by atoms with Crippen molar-refractivity contribution in [2.45, 2.75) is 38.6 Å². The molecule has 1 aromatic rings. The van der Waals surface area contributed by atoms with Gasteiger partial charge in [0.2, 0.25) is 0 Å². The van der Waals surface area contributed by atoms with Crippen molar-refractivity contribution in [1.29, 1.82) is 0 Å². The lowest BCUT2D eigenvalue weighted by atomic mass is 9.86. The molecule has 0 bridgehead atoms. The van der Waals surface area contributed by atoms with Crippen LogP contribution in [0.15, 0.2) is 18.2 Å². The van der Waals surface area contributed by atoms with Crippen LogP contribution in [0.25, 0.3) is 0 Å². The first-order chi connectivity index (χ1) is 9.56. The van der Waals surface area contributed by atoms with Gasteiger partial charge in [0.05, 0.1) is 5.02 Å². The smallest absolute Gasteiger partial charge is 0.258 e. The van der Waals surface area contributed by atoms with Crippen molar-refractivity contribution in [3.63, 3.8) is 0 Å². The fourth-order valence-corrected chi connectivity index (χ4v) is 2.98. The average molecular weight is 316 g/mol. The van der Waals surface area contributed by atoms with Crippen LogP contribution < -0.4 is 10.1 Å². The lowest BCUT2D eigenvalue weighted by molar-refractivity contribution is -0.124. The Morgan fingerprint density at radius 1 is 1.35 bits per heavy atom. The van der Waals surface area contributed by atoms with Gasteiger partial charge in [-0.3, -0.25) is 4.79 Å².